The summed E-state index contributed by atoms with van der Waals surface area (Å²) in [6.45, 7) is 2.92. The number of nitro benzene ring substituents is 1. The minimum atomic E-state index is -0.527. The van der Waals surface area contributed by atoms with Crippen molar-refractivity contribution in [3.63, 3.8) is 0 Å². The van der Waals surface area contributed by atoms with E-state index >= 15 is 0 Å². The van der Waals surface area contributed by atoms with E-state index in [1.165, 1.54) is 47.4 Å². The molecule has 0 aliphatic carbocycles. The number of ether oxygens (including phenoxy) is 3. The molecular weight excluding hydrogens is 574 g/mol. The molecule has 14 heteroatoms. The number of aromatic nitrogens is 1. The molecular formula is C30H37N5O9. The molecule has 0 saturated heterocycles. The molecule has 3 N–H and O–H groups in total. The van der Waals surface area contributed by atoms with Crippen molar-refractivity contribution in [3.8, 4) is 0 Å². The van der Waals surface area contributed by atoms with Crippen LogP contribution in [0.4, 0.5) is 5.69 Å². The second-order valence-electron chi connectivity index (χ2n) is 9.28. The van der Waals surface area contributed by atoms with Crippen LogP contribution < -0.4 is 21.4 Å². The molecule has 0 fully saturated rings. The first-order valence-corrected chi connectivity index (χ1v) is 14.0. The first-order chi connectivity index (χ1) is 21.4. The summed E-state index contributed by atoms with van der Waals surface area (Å²) < 4.78 is 17.5. The van der Waals surface area contributed by atoms with Gasteiger partial charge in [-0.15, -0.1) is 4.73 Å². The molecule has 14 nitrogen and oxygen atoms in total. The molecule has 3 rings (SSSR count). The number of non-ortho nitro benzene ring substituents is 1. The summed E-state index contributed by atoms with van der Waals surface area (Å²) in [7, 11) is 0. The van der Waals surface area contributed by atoms with E-state index in [4.69, 9.17) is 24.8 Å². The molecule has 2 amide bonds. The number of rotatable bonds is 20. The van der Waals surface area contributed by atoms with Gasteiger partial charge in [0.15, 0.2) is 0 Å². The molecule has 3 aromatic rings. The molecule has 0 spiro atoms. The fourth-order valence-corrected chi connectivity index (χ4v) is 3.90. The summed E-state index contributed by atoms with van der Waals surface area (Å²) in [5, 5.41) is 13.4. The third-order valence-corrected chi connectivity index (χ3v) is 6.14. The zero-order valence-electron chi connectivity index (χ0n) is 24.3. The topological polar surface area (TPSA) is 177 Å². The maximum Gasteiger partial charge on any atom is 0.283 e. The normalized spacial score (nSPS) is 10.8. The summed E-state index contributed by atoms with van der Waals surface area (Å²) in [5.74, 6) is -0.750. The summed E-state index contributed by atoms with van der Waals surface area (Å²) in [6, 6.07) is 19.0. The summed E-state index contributed by atoms with van der Waals surface area (Å²) >= 11 is 0. The summed E-state index contributed by atoms with van der Waals surface area (Å²) in [6.07, 6.45) is 0. The second kappa shape index (κ2) is 18.8. The third kappa shape index (κ3) is 11.2. The highest BCUT2D eigenvalue weighted by molar-refractivity contribution is 5.94. The number of amides is 2. The van der Waals surface area contributed by atoms with Gasteiger partial charge >= 0.3 is 0 Å². The lowest BCUT2D eigenvalue weighted by atomic mass is 10.2. The van der Waals surface area contributed by atoms with Gasteiger partial charge in [0.25, 0.3) is 23.1 Å². The van der Waals surface area contributed by atoms with Gasteiger partial charge < -0.3 is 35.0 Å². The molecule has 2 aromatic carbocycles. The Bertz CT molecular complexity index is 1380. The van der Waals surface area contributed by atoms with Crippen LogP contribution in [0.1, 0.15) is 26.4 Å². The number of nitrogens with one attached hydrogen (secondary N) is 1. The van der Waals surface area contributed by atoms with Crippen molar-refractivity contribution >= 4 is 17.5 Å². The van der Waals surface area contributed by atoms with Crippen molar-refractivity contribution in [3.05, 3.63) is 110 Å². The predicted octanol–water partition coefficient (Wildman–Crippen LogP) is 1.27. The van der Waals surface area contributed by atoms with E-state index < -0.39 is 16.4 Å². The number of carbonyl (C=O) groups is 2. The maximum atomic E-state index is 13.3. The molecule has 0 saturated carbocycles. The summed E-state index contributed by atoms with van der Waals surface area (Å²) in [4.78, 5) is 55.2. The van der Waals surface area contributed by atoms with Gasteiger partial charge in [-0.25, -0.2) is 0 Å². The zero-order chi connectivity index (χ0) is 31.6. The van der Waals surface area contributed by atoms with Crippen molar-refractivity contribution < 1.29 is 33.6 Å². The lowest BCUT2D eigenvalue weighted by Gasteiger charge is -2.23. The standard InChI is InChI=1S/C30H37N5O9/c31-13-15-33(30(38)27-7-4-8-28(36)34(27)44-23-24-5-2-1-3-6-24)16-18-42-20-22-43-21-19-41-17-14-32-29(37)25-9-11-26(12-10-25)35(39)40/h1-12H,13-23,31H2,(H,32,37). The van der Waals surface area contributed by atoms with Crippen LogP contribution in [0.3, 0.4) is 0 Å². The van der Waals surface area contributed by atoms with Gasteiger partial charge in [0.1, 0.15) is 12.3 Å². The molecule has 1 heterocycles. The van der Waals surface area contributed by atoms with Crippen LogP contribution in [-0.2, 0) is 20.8 Å². The maximum absolute atomic E-state index is 13.3. The van der Waals surface area contributed by atoms with E-state index in [1.54, 1.807) is 0 Å². The Hall–Kier alpha value is -4.63. The van der Waals surface area contributed by atoms with E-state index in [2.05, 4.69) is 5.32 Å². The van der Waals surface area contributed by atoms with Gasteiger partial charge in [0, 0.05) is 49.9 Å². The van der Waals surface area contributed by atoms with Crippen LogP contribution in [0.25, 0.3) is 0 Å². The minimum Gasteiger partial charge on any atom is -0.405 e. The van der Waals surface area contributed by atoms with Gasteiger partial charge in [0.05, 0.1) is 44.6 Å². The van der Waals surface area contributed by atoms with Gasteiger partial charge in [-0.2, -0.15) is 0 Å². The van der Waals surface area contributed by atoms with Gasteiger partial charge in [0.2, 0.25) is 0 Å². The number of nitro groups is 1. The Morgan fingerprint density at radius 2 is 1.50 bits per heavy atom. The largest absolute Gasteiger partial charge is 0.405 e. The number of nitrogens with zero attached hydrogens (tertiary/aromatic N) is 3. The SMILES string of the molecule is NCCN(CCOCCOCCOCCNC(=O)c1ccc([N+](=O)[O-])cc1)C(=O)c1cccc(=O)n1OCc1ccccc1. The van der Waals surface area contributed by atoms with E-state index in [0.29, 0.717) is 32.0 Å². The Morgan fingerprint density at radius 1 is 0.841 bits per heavy atom. The number of benzene rings is 2. The lowest BCUT2D eigenvalue weighted by Crippen LogP contribution is -2.41. The average molecular weight is 612 g/mol. The highest BCUT2D eigenvalue weighted by Gasteiger charge is 2.20. The van der Waals surface area contributed by atoms with Gasteiger partial charge in [-0.1, -0.05) is 36.4 Å². The molecule has 1 aromatic heterocycles. The molecule has 44 heavy (non-hydrogen) atoms. The highest BCUT2D eigenvalue weighted by Crippen LogP contribution is 2.11. The van der Waals surface area contributed by atoms with E-state index in [9.17, 15) is 24.5 Å². The smallest absolute Gasteiger partial charge is 0.283 e. The number of hydrogen-bond donors (Lipinski definition) is 2. The molecule has 0 unspecified atom stereocenters. The van der Waals surface area contributed by atoms with Gasteiger partial charge in [-0.3, -0.25) is 24.5 Å². The van der Waals surface area contributed by atoms with E-state index in [0.717, 1.165) is 10.3 Å². The number of hydrogen-bond acceptors (Lipinski definition) is 10. The molecule has 0 aliphatic heterocycles. The Morgan fingerprint density at radius 3 is 2.16 bits per heavy atom. The van der Waals surface area contributed by atoms with E-state index in [-0.39, 0.29) is 63.3 Å². The van der Waals surface area contributed by atoms with Crippen LogP contribution in [0.5, 0.6) is 0 Å². The Labute approximate surface area is 254 Å². The average Bonchev–Trinajstić information content (AvgIpc) is 3.04. The molecule has 0 atom stereocenters. The van der Waals surface area contributed by atoms with Crippen LogP contribution in [0.15, 0.2) is 77.6 Å². The van der Waals surface area contributed by atoms with Crippen LogP contribution in [-0.4, -0.2) is 92.2 Å². The van der Waals surface area contributed by atoms with Crippen molar-refractivity contribution in [2.45, 2.75) is 6.61 Å². The molecule has 0 bridgehead atoms. The van der Waals surface area contributed by atoms with Crippen molar-refractivity contribution in [2.75, 3.05) is 65.8 Å². The minimum absolute atomic E-state index is 0.0830. The lowest BCUT2D eigenvalue weighted by molar-refractivity contribution is -0.384. The third-order valence-electron chi connectivity index (χ3n) is 6.14. The Kier molecular flexibility index (Phi) is 14.5. The van der Waals surface area contributed by atoms with E-state index in [1.807, 2.05) is 30.3 Å². The number of nitrogens with two attached hydrogens (primary N) is 1. The first-order valence-electron chi connectivity index (χ1n) is 14.0. The molecule has 0 aliphatic rings. The van der Waals surface area contributed by atoms with Crippen molar-refractivity contribution in [2.24, 2.45) is 5.73 Å². The van der Waals surface area contributed by atoms with Crippen molar-refractivity contribution in [1.82, 2.24) is 14.9 Å². The molecule has 236 valence electrons. The van der Waals surface area contributed by atoms with Crippen LogP contribution in [0, 0.1) is 10.1 Å². The van der Waals surface area contributed by atoms with Gasteiger partial charge in [-0.05, 0) is 23.8 Å². The monoisotopic (exact) mass is 611 g/mol. The van der Waals surface area contributed by atoms with Crippen LogP contribution in [0.2, 0.25) is 0 Å². The zero-order valence-corrected chi connectivity index (χ0v) is 24.3. The first kappa shape index (κ1) is 33.9. The fourth-order valence-electron chi connectivity index (χ4n) is 3.90. The number of pyridine rings is 1. The van der Waals surface area contributed by atoms with Crippen LogP contribution >= 0.6 is 0 Å². The number of carbonyl (C=O) groups excluding carboxylic acids is 2. The fraction of sp³-hybridized carbons (Fsp3) is 0.367. The quantitative estimate of drug-likeness (QED) is 0.107. The summed E-state index contributed by atoms with van der Waals surface area (Å²) in [5.41, 5.74) is 6.46. The second-order valence-corrected chi connectivity index (χ2v) is 9.28. The Balaban J connectivity index is 1.29. The molecule has 0 radical (unpaired) electrons. The predicted molar refractivity (Wildman–Crippen MR) is 160 cm³/mol. The van der Waals surface area contributed by atoms with Crippen molar-refractivity contribution in [1.29, 1.82) is 0 Å². The highest BCUT2D eigenvalue weighted by atomic mass is 16.7.